The Morgan fingerprint density at radius 3 is 2.35 bits per heavy atom. The summed E-state index contributed by atoms with van der Waals surface area (Å²) in [4.78, 5) is 21.5. The van der Waals surface area contributed by atoms with E-state index in [9.17, 15) is 9.59 Å². The van der Waals surface area contributed by atoms with Crippen molar-refractivity contribution in [2.24, 2.45) is 5.92 Å². The molecule has 26 heavy (non-hydrogen) atoms. The molecule has 8 heteroatoms. The molecule has 0 aliphatic carbocycles. The number of carboxylic acid groups (broad SMARTS) is 2. The molecule has 0 unspecified atom stereocenters. The molecule has 1 aromatic rings. The number of likely N-dealkylation sites (tertiary alicyclic amines) is 1. The zero-order valence-corrected chi connectivity index (χ0v) is 16.2. The number of hydrogen-bond acceptors (Lipinski definition) is 4. The van der Waals surface area contributed by atoms with Crippen molar-refractivity contribution in [3.63, 3.8) is 0 Å². The van der Waals surface area contributed by atoms with Gasteiger partial charge in [-0.15, -0.1) is 0 Å². The number of hydrogen-bond donors (Lipinski definition) is 2. The highest BCUT2D eigenvalue weighted by molar-refractivity contribution is 6.42. The predicted molar refractivity (Wildman–Crippen MR) is 101 cm³/mol. The van der Waals surface area contributed by atoms with Crippen molar-refractivity contribution in [2.45, 2.75) is 12.3 Å². The Morgan fingerprint density at radius 2 is 1.85 bits per heavy atom. The van der Waals surface area contributed by atoms with E-state index in [1.165, 1.54) is 5.56 Å². The minimum atomic E-state index is -1.26. The average molecular weight is 404 g/mol. The highest BCUT2D eigenvalue weighted by atomic mass is 35.5. The van der Waals surface area contributed by atoms with Gasteiger partial charge < -0.3 is 19.8 Å². The van der Waals surface area contributed by atoms with Crippen molar-refractivity contribution in [1.82, 2.24) is 4.90 Å². The number of piperidine rings is 1. The fraction of sp³-hybridized carbons (Fsp3) is 0.444. The third kappa shape index (κ3) is 7.74. The second-order valence-corrected chi connectivity index (χ2v) is 6.87. The lowest BCUT2D eigenvalue weighted by molar-refractivity contribution is -0.134. The van der Waals surface area contributed by atoms with Crippen molar-refractivity contribution in [3.8, 4) is 0 Å². The number of aliphatic carboxylic acids is 2. The zero-order valence-electron chi connectivity index (χ0n) is 14.7. The van der Waals surface area contributed by atoms with Crippen LogP contribution in [0.4, 0.5) is 0 Å². The first-order chi connectivity index (χ1) is 12.2. The van der Waals surface area contributed by atoms with Crippen LogP contribution in [0.5, 0.6) is 0 Å². The molecule has 1 aliphatic rings. The fourth-order valence-corrected chi connectivity index (χ4v) is 3.23. The highest BCUT2D eigenvalue weighted by Gasteiger charge is 2.29. The minimum absolute atomic E-state index is 0.510. The molecule has 0 radical (unpaired) electrons. The Bertz CT molecular complexity index is 634. The van der Waals surface area contributed by atoms with Crippen LogP contribution >= 0.6 is 23.2 Å². The molecule has 1 aliphatic heterocycles. The summed E-state index contributed by atoms with van der Waals surface area (Å²) in [5.74, 6) is -1.48. The van der Waals surface area contributed by atoms with Gasteiger partial charge in [0, 0.05) is 31.7 Å². The number of carboxylic acids is 2. The fourth-order valence-electron chi connectivity index (χ4n) is 2.92. The van der Waals surface area contributed by atoms with Gasteiger partial charge in [-0.1, -0.05) is 29.3 Å². The van der Waals surface area contributed by atoms with Gasteiger partial charge in [0.25, 0.3) is 0 Å². The maximum Gasteiger partial charge on any atom is 0.328 e. The summed E-state index contributed by atoms with van der Waals surface area (Å²) >= 11 is 12.1. The van der Waals surface area contributed by atoms with Crippen molar-refractivity contribution >= 4 is 35.1 Å². The quantitative estimate of drug-likeness (QED) is 0.732. The van der Waals surface area contributed by atoms with Crippen LogP contribution in [0.25, 0.3) is 0 Å². The van der Waals surface area contributed by atoms with E-state index in [4.69, 9.17) is 38.2 Å². The van der Waals surface area contributed by atoms with E-state index < -0.39 is 11.9 Å². The Balaban J connectivity index is 0.000000359. The standard InChI is InChI=1S/C14H19Cl2NO.C4H4O4/c1-17-6-5-12(11(8-17)9-18-2)10-3-4-13(15)14(16)7-10;5-3(6)1-2-4(7)8/h3-4,7,11-12H,5-6,8-9H2,1-2H3;1-2H,(H,5,6)(H,7,8)/t11-,12-;/m0./s1. The molecule has 0 spiro atoms. The smallest absolute Gasteiger partial charge is 0.328 e. The molecule has 1 saturated heterocycles. The van der Waals surface area contributed by atoms with Crippen molar-refractivity contribution < 1.29 is 24.5 Å². The number of ether oxygens (including phenoxy) is 1. The van der Waals surface area contributed by atoms with Gasteiger partial charge in [-0.25, -0.2) is 9.59 Å². The van der Waals surface area contributed by atoms with E-state index in [0.29, 0.717) is 34.0 Å². The molecule has 1 heterocycles. The Kier molecular flexibility index (Phi) is 9.65. The van der Waals surface area contributed by atoms with E-state index >= 15 is 0 Å². The Morgan fingerprint density at radius 1 is 1.23 bits per heavy atom. The van der Waals surface area contributed by atoms with Gasteiger partial charge in [-0.3, -0.25) is 0 Å². The first kappa shape index (κ1) is 22.4. The summed E-state index contributed by atoms with van der Waals surface area (Å²) in [5.41, 5.74) is 1.28. The molecule has 0 aromatic heterocycles. The van der Waals surface area contributed by atoms with Crippen LogP contribution in [0.1, 0.15) is 17.9 Å². The second kappa shape index (κ2) is 11.2. The van der Waals surface area contributed by atoms with Gasteiger partial charge in [0.15, 0.2) is 0 Å². The summed E-state index contributed by atoms with van der Waals surface area (Å²) < 4.78 is 5.35. The summed E-state index contributed by atoms with van der Waals surface area (Å²) in [5, 5.41) is 16.9. The molecule has 2 atom stereocenters. The SMILES string of the molecule is COC[C@@H]1CN(C)CC[C@H]1c1ccc(Cl)c(Cl)c1.O=C(O)C=CC(=O)O. The van der Waals surface area contributed by atoms with Gasteiger partial charge in [0.05, 0.1) is 16.7 Å². The molecule has 2 N–H and O–H groups in total. The largest absolute Gasteiger partial charge is 0.478 e. The monoisotopic (exact) mass is 403 g/mol. The minimum Gasteiger partial charge on any atom is -0.478 e. The molecule has 144 valence electrons. The number of carbonyl (C=O) groups is 2. The molecule has 0 saturated carbocycles. The molecule has 2 rings (SSSR count). The number of halogens is 2. The van der Waals surface area contributed by atoms with E-state index in [-0.39, 0.29) is 0 Å². The van der Waals surface area contributed by atoms with Gasteiger partial charge in [0.2, 0.25) is 0 Å². The van der Waals surface area contributed by atoms with Crippen molar-refractivity contribution in [3.05, 3.63) is 46.0 Å². The average Bonchev–Trinajstić information content (AvgIpc) is 2.57. The third-order valence-corrected chi connectivity index (χ3v) is 4.80. The normalized spacial score (nSPS) is 20.5. The van der Waals surface area contributed by atoms with Gasteiger partial charge in [-0.2, -0.15) is 0 Å². The zero-order chi connectivity index (χ0) is 19.7. The summed E-state index contributed by atoms with van der Waals surface area (Å²) in [6.07, 6.45) is 2.26. The molecule has 1 aromatic carbocycles. The molecule has 0 amide bonds. The first-order valence-electron chi connectivity index (χ1n) is 8.01. The second-order valence-electron chi connectivity index (χ2n) is 6.06. The summed E-state index contributed by atoms with van der Waals surface area (Å²) in [7, 11) is 3.92. The maximum atomic E-state index is 9.55. The molecular weight excluding hydrogens is 381 g/mol. The molecular formula is C18H23Cl2NO5. The lowest BCUT2D eigenvalue weighted by Crippen LogP contribution is -2.39. The van der Waals surface area contributed by atoms with Crippen LogP contribution in [0.15, 0.2) is 30.4 Å². The van der Waals surface area contributed by atoms with E-state index in [0.717, 1.165) is 26.1 Å². The maximum absolute atomic E-state index is 9.55. The van der Waals surface area contributed by atoms with Crippen molar-refractivity contribution in [1.29, 1.82) is 0 Å². The molecule has 1 fully saturated rings. The van der Waals surface area contributed by atoms with E-state index in [1.54, 1.807) is 7.11 Å². The molecule has 6 nitrogen and oxygen atoms in total. The van der Waals surface area contributed by atoms with E-state index in [2.05, 4.69) is 18.0 Å². The summed E-state index contributed by atoms with van der Waals surface area (Å²) in [6.45, 7) is 2.97. The molecule has 0 bridgehead atoms. The van der Waals surface area contributed by atoms with Gasteiger partial charge in [-0.05, 0) is 43.6 Å². The van der Waals surface area contributed by atoms with Crippen LogP contribution in [-0.2, 0) is 14.3 Å². The number of benzene rings is 1. The van der Waals surface area contributed by atoms with Crippen LogP contribution in [0.2, 0.25) is 10.0 Å². The lowest BCUT2D eigenvalue weighted by atomic mass is 9.81. The van der Waals surface area contributed by atoms with Gasteiger partial charge in [0.1, 0.15) is 0 Å². The Labute approximate surface area is 163 Å². The van der Waals surface area contributed by atoms with Crippen LogP contribution < -0.4 is 0 Å². The lowest BCUT2D eigenvalue weighted by Gasteiger charge is -2.36. The number of nitrogens with zero attached hydrogens (tertiary/aromatic N) is 1. The predicted octanol–water partition coefficient (Wildman–Crippen LogP) is 3.39. The van der Waals surface area contributed by atoms with Crippen molar-refractivity contribution in [2.75, 3.05) is 33.9 Å². The van der Waals surface area contributed by atoms with Crippen LogP contribution in [-0.4, -0.2) is 60.9 Å². The summed E-state index contributed by atoms with van der Waals surface area (Å²) in [6, 6.07) is 5.98. The Hall–Kier alpha value is -1.60. The van der Waals surface area contributed by atoms with Crippen LogP contribution in [0, 0.1) is 5.92 Å². The highest BCUT2D eigenvalue weighted by Crippen LogP contribution is 2.35. The number of rotatable bonds is 5. The van der Waals surface area contributed by atoms with Gasteiger partial charge >= 0.3 is 11.9 Å². The van der Waals surface area contributed by atoms with Crippen LogP contribution in [0.3, 0.4) is 0 Å². The van der Waals surface area contributed by atoms with E-state index in [1.807, 2.05) is 12.1 Å². The first-order valence-corrected chi connectivity index (χ1v) is 8.76. The topological polar surface area (TPSA) is 87.1 Å². The number of methoxy groups -OCH3 is 1. The third-order valence-electron chi connectivity index (χ3n) is 4.06.